The maximum absolute atomic E-state index is 12.2. The van der Waals surface area contributed by atoms with Crippen molar-refractivity contribution in [1.29, 1.82) is 0 Å². The standard InChI is InChI=1S/C19H19N3O4S2/c1-22(2)28(23,24)13-9-10-17-15(12-13)21-19(26-17)27-11-5-8-18-20-14-6-3-4-7-16(14)25-18/h3-4,6-7,9-10,12H,5,8,11H2,1-2H3. The van der Waals surface area contributed by atoms with Crippen molar-refractivity contribution in [2.24, 2.45) is 0 Å². The molecule has 0 aliphatic heterocycles. The van der Waals surface area contributed by atoms with Gasteiger partial charge >= 0.3 is 0 Å². The third-order valence-corrected chi connectivity index (χ3v) is 6.94. The molecule has 0 unspecified atom stereocenters. The van der Waals surface area contributed by atoms with Gasteiger partial charge in [-0.25, -0.2) is 22.7 Å². The van der Waals surface area contributed by atoms with Gasteiger partial charge in [-0.3, -0.25) is 0 Å². The van der Waals surface area contributed by atoms with Crippen LogP contribution in [0.25, 0.3) is 22.2 Å². The van der Waals surface area contributed by atoms with Crippen LogP contribution < -0.4 is 0 Å². The fraction of sp³-hybridized carbons (Fsp3) is 0.263. The first-order valence-electron chi connectivity index (χ1n) is 8.74. The monoisotopic (exact) mass is 417 g/mol. The van der Waals surface area contributed by atoms with Gasteiger partial charge in [0.2, 0.25) is 10.0 Å². The zero-order valence-electron chi connectivity index (χ0n) is 15.5. The molecular weight excluding hydrogens is 398 g/mol. The van der Waals surface area contributed by atoms with E-state index in [2.05, 4.69) is 9.97 Å². The average molecular weight is 418 g/mol. The molecule has 0 saturated heterocycles. The minimum Gasteiger partial charge on any atom is -0.441 e. The highest BCUT2D eigenvalue weighted by Crippen LogP contribution is 2.27. The number of nitrogens with zero attached hydrogens (tertiary/aromatic N) is 3. The predicted molar refractivity (Wildman–Crippen MR) is 108 cm³/mol. The first kappa shape index (κ1) is 19.0. The number of rotatable bonds is 7. The second-order valence-corrected chi connectivity index (χ2v) is 9.62. The van der Waals surface area contributed by atoms with Crippen molar-refractivity contribution in [2.45, 2.75) is 23.0 Å². The molecule has 7 nitrogen and oxygen atoms in total. The topological polar surface area (TPSA) is 89.4 Å². The van der Waals surface area contributed by atoms with Crippen LogP contribution in [0.1, 0.15) is 12.3 Å². The Morgan fingerprint density at radius 1 is 1.00 bits per heavy atom. The van der Waals surface area contributed by atoms with Crippen molar-refractivity contribution in [2.75, 3.05) is 19.8 Å². The van der Waals surface area contributed by atoms with Gasteiger partial charge in [-0.2, -0.15) is 0 Å². The molecule has 0 fully saturated rings. The van der Waals surface area contributed by atoms with Crippen molar-refractivity contribution >= 4 is 44.0 Å². The van der Waals surface area contributed by atoms with Gasteiger partial charge in [-0.05, 0) is 36.8 Å². The third-order valence-electron chi connectivity index (χ3n) is 4.22. The van der Waals surface area contributed by atoms with E-state index < -0.39 is 10.0 Å². The number of aromatic nitrogens is 2. The number of fused-ring (bicyclic) bond motifs is 2. The largest absolute Gasteiger partial charge is 0.441 e. The van der Waals surface area contributed by atoms with E-state index in [0.29, 0.717) is 16.3 Å². The number of hydrogen-bond donors (Lipinski definition) is 0. The number of thioether (sulfide) groups is 1. The van der Waals surface area contributed by atoms with E-state index in [1.165, 1.54) is 42.3 Å². The van der Waals surface area contributed by atoms with E-state index in [1.54, 1.807) is 6.07 Å². The van der Waals surface area contributed by atoms with Crippen LogP contribution in [-0.4, -0.2) is 42.5 Å². The molecule has 4 rings (SSSR count). The van der Waals surface area contributed by atoms with E-state index in [-0.39, 0.29) is 4.90 Å². The van der Waals surface area contributed by atoms with Crippen LogP contribution in [0.3, 0.4) is 0 Å². The predicted octanol–water partition coefficient (Wildman–Crippen LogP) is 3.94. The van der Waals surface area contributed by atoms with Gasteiger partial charge in [0.25, 0.3) is 5.22 Å². The number of oxazole rings is 2. The summed E-state index contributed by atoms with van der Waals surface area (Å²) in [4.78, 5) is 9.06. The summed E-state index contributed by atoms with van der Waals surface area (Å²) < 4.78 is 37.1. The number of benzene rings is 2. The molecule has 146 valence electrons. The minimum absolute atomic E-state index is 0.200. The summed E-state index contributed by atoms with van der Waals surface area (Å²) in [6, 6.07) is 12.4. The van der Waals surface area contributed by atoms with Crippen molar-refractivity contribution in [3.8, 4) is 0 Å². The molecule has 0 radical (unpaired) electrons. The second-order valence-electron chi connectivity index (χ2n) is 6.42. The lowest BCUT2D eigenvalue weighted by atomic mass is 10.3. The Kier molecular flexibility index (Phi) is 5.13. The van der Waals surface area contributed by atoms with Crippen LogP contribution in [0.4, 0.5) is 0 Å². The van der Waals surface area contributed by atoms with E-state index in [9.17, 15) is 8.42 Å². The Morgan fingerprint density at radius 3 is 2.57 bits per heavy atom. The Hall–Kier alpha value is -2.36. The number of hydrogen-bond acceptors (Lipinski definition) is 7. The molecule has 0 spiro atoms. The second kappa shape index (κ2) is 7.57. The van der Waals surface area contributed by atoms with Crippen LogP contribution in [0.5, 0.6) is 0 Å². The lowest BCUT2D eigenvalue weighted by Gasteiger charge is -2.10. The van der Waals surface area contributed by atoms with Crippen LogP contribution in [-0.2, 0) is 16.4 Å². The quantitative estimate of drug-likeness (QED) is 0.332. The highest BCUT2D eigenvalue weighted by atomic mass is 32.2. The summed E-state index contributed by atoms with van der Waals surface area (Å²) >= 11 is 1.48. The fourth-order valence-electron chi connectivity index (χ4n) is 2.73. The Morgan fingerprint density at radius 2 is 1.79 bits per heavy atom. The Balaban J connectivity index is 1.39. The lowest BCUT2D eigenvalue weighted by molar-refractivity contribution is 0.488. The van der Waals surface area contributed by atoms with Crippen molar-refractivity contribution in [3.05, 3.63) is 48.4 Å². The average Bonchev–Trinajstić information content (AvgIpc) is 3.27. The highest BCUT2D eigenvalue weighted by Gasteiger charge is 2.19. The smallest absolute Gasteiger partial charge is 0.256 e. The van der Waals surface area contributed by atoms with Crippen molar-refractivity contribution in [1.82, 2.24) is 14.3 Å². The molecule has 2 aromatic heterocycles. The van der Waals surface area contributed by atoms with Gasteiger partial charge in [-0.1, -0.05) is 23.9 Å². The molecule has 0 amide bonds. The van der Waals surface area contributed by atoms with Gasteiger partial charge in [0.1, 0.15) is 11.0 Å². The van der Waals surface area contributed by atoms with Gasteiger partial charge in [-0.15, -0.1) is 0 Å². The number of para-hydroxylation sites is 2. The SMILES string of the molecule is CN(C)S(=O)(=O)c1ccc2oc(SCCCc3nc4ccccc4o3)nc2c1. The van der Waals surface area contributed by atoms with Crippen molar-refractivity contribution < 1.29 is 17.3 Å². The zero-order chi connectivity index (χ0) is 19.7. The molecule has 28 heavy (non-hydrogen) atoms. The van der Waals surface area contributed by atoms with E-state index in [0.717, 1.165) is 35.6 Å². The maximum atomic E-state index is 12.2. The van der Waals surface area contributed by atoms with Crippen LogP contribution in [0.15, 0.2) is 61.4 Å². The van der Waals surface area contributed by atoms with Crippen LogP contribution in [0.2, 0.25) is 0 Å². The summed E-state index contributed by atoms with van der Waals surface area (Å²) in [5, 5.41) is 0.520. The molecule has 2 heterocycles. The van der Waals surface area contributed by atoms with Gasteiger partial charge in [0.15, 0.2) is 17.1 Å². The summed E-state index contributed by atoms with van der Waals surface area (Å²) in [5.74, 6) is 1.51. The van der Waals surface area contributed by atoms with Gasteiger partial charge < -0.3 is 8.83 Å². The van der Waals surface area contributed by atoms with Crippen LogP contribution in [0, 0.1) is 0 Å². The Labute approximate surface area is 166 Å². The first-order valence-corrected chi connectivity index (χ1v) is 11.2. The third kappa shape index (κ3) is 3.78. The summed E-state index contributed by atoms with van der Waals surface area (Å²) in [6.07, 6.45) is 1.59. The van der Waals surface area contributed by atoms with E-state index in [1.807, 2.05) is 24.3 Å². The molecule has 0 aliphatic rings. The summed E-state index contributed by atoms with van der Waals surface area (Å²) in [6.45, 7) is 0. The summed E-state index contributed by atoms with van der Waals surface area (Å²) in [5.41, 5.74) is 2.77. The van der Waals surface area contributed by atoms with Gasteiger partial charge in [0.05, 0.1) is 4.90 Å². The van der Waals surface area contributed by atoms with Crippen molar-refractivity contribution in [3.63, 3.8) is 0 Å². The molecule has 0 bridgehead atoms. The number of sulfonamides is 1. The van der Waals surface area contributed by atoms with E-state index >= 15 is 0 Å². The molecular formula is C19H19N3O4S2. The fourth-order valence-corrected chi connectivity index (χ4v) is 4.43. The molecule has 0 N–H and O–H groups in total. The molecule has 4 aromatic rings. The molecule has 9 heteroatoms. The normalized spacial score (nSPS) is 12.4. The molecule has 0 atom stereocenters. The van der Waals surface area contributed by atoms with E-state index in [4.69, 9.17) is 8.83 Å². The molecule has 2 aromatic carbocycles. The molecule has 0 aliphatic carbocycles. The maximum Gasteiger partial charge on any atom is 0.256 e. The van der Waals surface area contributed by atoms with Gasteiger partial charge in [0, 0.05) is 26.3 Å². The zero-order valence-corrected chi connectivity index (χ0v) is 17.1. The number of aryl methyl sites for hydroxylation is 1. The molecule has 0 saturated carbocycles. The highest BCUT2D eigenvalue weighted by molar-refractivity contribution is 7.99. The Bertz CT molecular complexity index is 1200. The van der Waals surface area contributed by atoms with Crippen LogP contribution >= 0.6 is 11.8 Å². The summed E-state index contributed by atoms with van der Waals surface area (Å²) in [7, 11) is -0.493. The first-order chi connectivity index (χ1) is 13.4. The lowest BCUT2D eigenvalue weighted by Crippen LogP contribution is -2.22. The minimum atomic E-state index is -3.49.